The quantitative estimate of drug-likeness (QED) is 0.629. The molecule has 0 spiro atoms. The molecule has 0 aliphatic heterocycles. The van der Waals surface area contributed by atoms with Gasteiger partial charge >= 0.3 is 0 Å². The maximum absolute atomic E-state index is 12.4. The predicted molar refractivity (Wildman–Crippen MR) is 109 cm³/mol. The molecule has 136 valence electrons. The van der Waals surface area contributed by atoms with Crippen LogP contribution in [0.3, 0.4) is 0 Å². The first-order chi connectivity index (χ1) is 13.2. The number of nitrogens with one attached hydrogen (secondary N) is 1. The van der Waals surface area contributed by atoms with Crippen molar-refractivity contribution in [2.24, 2.45) is 0 Å². The standard InChI is InChI=1S/C23H21NO3/c1-26-21-14-12-17(16-22(21)27-2)13-15-23(25)24-20-11-7-6-10-19(20)18-8-4-3-5-9-18/h3-16H,1-2H3,(H,24,25)/b15-13+. The van der Waals surface area contributed by atoms with E-state index in [1.807, 2.05) is 66.7 Å². The van der Waals surface area contributed by atoms with Gasteiger partial charge in [-0.05, 0) is 35.4 Å². The highest BCUT2D eigenvalue weighted by Crippen LogP contribution is 2.29. The first-order valence-electron chi connectivity index (χ1n) is 8.57. The molecule has 27 heavy (non-hydrogen) atoms. The van der Waals surface area contributed by atoms with Crippen LogP contribution in [0.15, 0.2) is 78.9 Å². The first kappa shape index (κ1) is 18.3. The lowest BCUT2D eigenvalue weighted by Gasteiger charge is -2.10. The van der Waals surface area contributed by atoms with Crippen LogP contribution >= 0.6 is 0 Å². The molecule has 0 aliphatic rings. The monoisotopic (exact) mass is 359 g/mol. The molecule has 0 saturated carbocycles. The summed E-state index contributed by atoms with van der Waals surface area (Å²) >= 11 is 0. The van der Waals surface area contributed by atoms with Crippen molar-refractivity contribution < 1.29 is 14.3 Å². The van der Waals surface area contributed by atoms with Gasteiger partial charge < -0.3 is 14.8 Å². The van der Waals surface area contributed by atoms with Gasteiger partial charge in [0.15, 0.2) is 11.5 Å². The fraction of sp³-hybridized carbons (Fsp3) is 0.0870. The number of carbonyl (C=O) groups is 1. The van der Waals surface area contributed by atoms with Crippen molar-refractivity contribution in [2.45, 2.75) is 0 Å². The van der Waals surface area contributed by atoms with Gasteiger partial charge in [0, 0.05) is 17.3 Å². The summed E-state index contributed by atoms with van der Waals surface area (Å²) in [5.74, 6) is 1.07. The van der Waals surface area contributed by atoms with Gasteiger partial charge in [0.05, 0.1) is 14.2 Å². The third-order valence-corrected chi connectivity index (χ3v) is 4.10. The van der Waals surface area contributed by atoms with Crippen molar-refractivity contribution in [3.05, 3.63) is 84.4 Å². The van der Waals surface area contributed by atoms with Crippen molar-refractivity contribution in [1.82, 2.24) is 0 Å². The van der Waals surface area contributed by atoms with Crippen LogP contribution in [0, 0.1) is 0 Å². The summed E-state index contributed by atoms with van der Waals surface area (Å²) in [6.45, 7) is 0. The van der Waals surface area contributed by atoms with E-state index in [0.717, 1.165) is 22.4 Å². The predicted octanol–water partition coefficient (Wildman–Crippen LogP) is 5.02. The van der Waals surface area contributed by atoms with Crippen LogP contribution in [0.25, 0.3) is 17.2 Å². The molecular weight excluding hydrogens is 338 g/mol. The van der Waals surface area contributed by atoms with Gasteiger partial charge in [-0.3, -0.25) is 4.79 Å². The lowest BCUT2D eigenvalue weighted by atomic mass is 10.0. The second-order valence-electron chi connectivity index (χ2n) is 5.85. The molecule has 0 radical (unpaired) electrons. The molecule has 0 saturated heterocycles. The summed E-state index contributed by atoms with van der Waals surface area (Å²) in [5, 5.41) is 2.95. The number of benzene rings is 3. The zero-order valence-corrected chi connectivity index (χ0v) is 15.3. The van der Waals surface area contributed by atoms with E-state index in [4.69, 9.17) is 9.47 Å². The minimum atomic E-state index is -0.201. The average molecular weight is 359 g/mol. The van der Waals surface area contributed by atoms with Gasteiger partial charge in [0.25, 0.3) is 0 Å². The SMILES string of the molecule is COc1ccc(/C=C/C(=O)Nc2ccccc2-c2ccccc2)cc1OC. The van der Waals surface area contributed by atoms with Gasteiger partial charge in [-0.15, -0.1) is 0 Å². The molecule has 4 heteroatoms. The van der Waals surface area contributed by atoms with Crippen molar-refractivity contribution in [3.63, 3.8) is 0 Å². The van der Waals surface area contributed by atoms with Crippen LogP contribution in [0.1, 0.15) is 5.56 Å². The first-order valence-corrected chi connectivity index (χ1v) is 8.57. The molecule has 1 N–H and O–H groups in total. The normalized spacial score (nSPS) is 10.6. The second-order valence-corrected chi connectivity index (χ2v) is 5.85. The Kier molecular flexibility index (Phi) is 5.90. The number of ether oxygens (including phenoxy) is 2. The number of rotatable bonds is 6. The van der Waals surface area contributed by atoms with Crippen molar-refractivity contribution in [3.8, 4) is 22.6 Å². The van der Waals surface area contributed by atoms with Gasteiger partial charge in [-0.25, -0.2) is 0 Å². The summed E-state index contributed by atoms with van der Waals surface area (Å²) in [4.78, 5) is 12.4. The molecule has 0 aliphatic carbocycles. The molecule has 0 aromatic heterocycles. The molecule has 1 amide bonds. The third-order valence-electron chi connectivity index (χ3n) is 4.10. The summed E-state index contributed by atoms with van der Waals surface area (Å²) < 4.78 is 10.5. The van der Waals surface area contributed by atoms with E-state index in [1.54, 1.807) is 26.4 Å². The van der Waals surface area contributed by atoms with Crippen molar-refractivity contribution in [1.29, 1.82) is 0 Å². The largest absolute Gasteiger partial charge is 0.493 e. The number of para-hydroxylation sites is 1. The maximum Gasteiger partial charge on any atom is 0.248 e. The minimum Gasteiger partial charge on any atom is -0.493 e. The molecule has 0 heterocycles. The smallest absolute Gasteiger partial charge is 0.248 e. The van der Waals surface area contributed by atoms with E-state index in [9.17, 15) is 4.79 Å². The van der Waals surface area contributed by atoms with Gasteiger partial charge in [0.2, 0.25) is 5.91 Å². The van der Waals surface area contributed by atoms with Gasteiger partial charge in [0.1, 0.15) is 0 Å². The van der Waals surface area contributed by atoms with Crippen LogP contribution < -0.4 is 14.8 Å². The van der Waals surface area contributed by atoms with Crippen LogP contribution in [0.5, 0.6) is 11.5 Å². The number of carbonyl (C=O) groups excluding carboxylic acids is 1. The molecule has 0 atom stereocenters. The van der Waals surface area contributed by atoms with E-state index in [0.29, 0.717) is 11.5 Å². The highest BCUT2D eigenvalue weighted by molar-refractivity contribution is 6.04. The summed E-state index contributed by atoms with van der Waals surface area (Å²) in [6.07, 6.45) is 3.24. The zero-order valence-electron chi connectivity index (χ0n) is 15.3. The molecule has 0 bridgehead atoms. The Hall–Kier alpha value is -3.53. The van der Waals surface area contributed by atoms with E-state index >= 15 is 0 Å². The zero-order chi connectivity index (χ0) is 19.1. The van der Waals surface area contributed by atoms with E-state index in [-0.39, 0.29) is 5.91 Å². The summed E-state index contributed by atoms with van der Waals surface area (Å²) in [6, 6.07) is 23.2. The van der Waals surface area contributed by atoms with E-state index in [2.05, 4.69) is 5.32 Å². The topological polar surface area (TPSA) is 47.6 Å². The molecule has 0 fully saturated rings. The van der Waals surface area contributed by atoms with Crippen molar-refractivity contribution in [2.75, 3.05) is 19.5 Å². The molecule has 4 nitrogen and oxygen atoms in total. The Labute approximate surface area is 159 Å². The van der Waals surface area contributed by atoms with Crippen LogP contribution in [0.4, 0.5) is 5.69 Å². The molecular formula is C23H21NO3. The van der Waals surface area contributed by atoms with Gasteiger partial charge in [-0.2, -0.15) is 0 Å². The number of hydrogen-bond acceptors (Lipinski definition) is 3. The molecule has 3 aromatic rings. The number of hydrogen-bond donors (Lipinski definition) is 1. The number of methoxy groups -OCH3 is 2. The van der Waals surface area contributed by atoms with Gasteiger partial charge in [-0.1, -0.05) is 54.6 Å². The number of anilines is 1. The summed E-state index contributed by atoms with van der Waals surface area (Å²) in [7, 11) is 3.17. The fourth-order valence-electron chi connectivity index (χ4n) is 2.76. The van der Waals surface area contributed by atoms with E-state index < -0.39 is 0 Å². The minimum absolute atomic E-state index is 0.201. The lowest BCUT2D eigenvalue weighted by molar-refractivity contribution is -0.111. The fourth-order valence-corrected chi connectivity index (χ4v) is 2.76. The molecule has 3 aromatic carbocycles. The Morgan fingerprint density at radius 3 is 2.30 bits per heavy atom. The highest BCUT2D eigenvalue weighted by atomic mass is 16.5. The Balaban J connectivity index is 1.76. The maximum atomic E-state index is 12.4. The Morgan fingerprint density at radius 1 is 0.852 bits per heavy atom. The molecule has 0 unspecified atom stereocenters. The Morgan fingerprint density at radius 2 is 1.56 bits per heavy atom. The summed E-state index contributed by atoms with van der Waals surface area (Å²) in [5.41, 5.74) is 3.65. The Bertz CT molecular complexity index is 949. The number of amides is 1. The van der Waals surface area contributed by atoms with Crippen LogP contribution in [-0.2, 0) is 4.79 Å². The van der Waals surface area contributed by atoms with E-state index in [1.165, 1.54) is 6.08 Å². The lowest BCUT2D eigenvalue weighted by Crippen LogP contribution is -2.08. The average Bonchev–Trinajstić information content (AvgIpc) is 2.73. The van der Waals surface area contributed by atoms with Crippen molar-refractivity contribution >= 4 is 17.7 Å². The van der Waals surface area contributed by atoms with Crippen LogP contribution in [0.2, 0.25) is 0 Å². The second kappa shape index (κ2) is 8.72. The van der Waals surface area contributed by atoms with Crippen LogP contribution in [-0.4, -0.2) is 20.1 Å². The third kappa shape index (κ3) is 4.55. The molecule has 3 rings (SSSR count). The highest BCUT2D eigenvalue weighted by Gasteiger charge is 2.07.